The molecule has 1 aliphatic rings. The van der Waals surface area contributed by atoms with Crippen LogP contribution in [0.1, 0.15) is 23.1 Å². The largest absolute Gasteiger partial charge is 0.445 e. The van der Waals surface area contributed by atoms with Crippen molar-refractivity contribution in [1.29, 1.82) is 5.26 Å². The van der Waals surface area contributed by atoms with E-state index in [-0.39, 0.29) is 36.1 Å². The Morgan fingerprint density at radius 3 is 2.77 bits per heavy atom. The Morgan fingerprint density at radius 1 is 1.21 bits per heavy atom. The fourth-order valence-corrected chi connectivity index (χ4v) is 4.96. The maximum absolute atomic E-state index is 13.0. The molecule has 3 aromatic carbocycles. The lowest BCUT2D eigenvalue weighted by Gasteiger charge is -2.23. The molecule has 1 amide bonds. The van der Waals surface area contributed by atoms with E-state index in [0.29, 0.717) is 30.8 Å². The zero-order valence-corrected chi connectivity index (χ0v) is 21.3. The van der Waals surface area contributed by atoms with E-state index < -0.39 is 4.92 Å². The third-order valence-electron chi connectivity index (χ3n) is 6.97. The first-order valence-corrected chi connectivity index (χ1v) is 12.5. The summed E-state index contributed by atoms with van der Waals surface area (Å²) in [4.78, 5) is 29.1. The number of anilines is 2. The van der Waals surface area contributed by atoms with Crippen LogP contribution in [0.5, 0.6) is 0 Å². The molecule has 5 rings (SSSR count). The molecule has 39 heavy (non-hydrogen) atoms. The molecule has 2 N–H and O–H groups in total. The van der Waals surface area contributed by atoms with Gasteiger partial charge in [-0.05, 0) is 54.3 Å². The van der Waals surface area contributed by atoms with Crippen LogP contribution in [-0.2, 0) is 22.5 Å². The summed E-state index contributed by atoms with van der Waals surface area (Å²) in [6, 6.07) is 21.3. The molecule has 2 heterocycles. The smallest absolute Gasteiger partial charge is 0.410 e. The minimum Gasteiger partial charge on any atom is -0.445 e. The van der Waals surface area contributed by atoms with E-state index in [9.17, 15) is 14.9 Å². The predicted octanol–water partition coefficient (Wildman–Crippen LogP) is 5.66. The van der Waals surface area contributed by atoms with Gasteiger partial charge in [0.2, 0.25) is 0 Å². The first kappa shape index (κ1) is 25.8. The average Bonchev–Trinajstić information content (AvgIpc) is 3.56. The van der Waals surface area contributed by atoms with Crippen molar-refractivity contribution in [3.05, 3.63) is 99.7 Å². The summed E-state index contributed by atoms with van der Waals surface area (Å²) in [6.45, 7) is 0.649. The van der Waals surface area contributed by atoms with Gasteiger partial charge in [0.15, 0.2) is 0 Å². The second-order valence-corrected chi connectivity index (χ2v) is 9.44. The lowest BCUT2D eigenvalue weighted by molar-refractivity contribution is -0.383. The van der Waals surface area contributed by atoms with Gasteiger partial charge < -0.3 is 24.7 Å². The zero-order valence-electron chi connectivity index (χ0n) is 21.3. The third kappa shape index (κ3) is 5.68. The monoisotopic (exact) mass is 525 g/mol. The molecule has 0 saturated carbocycles. The van der Waals surface area contributed by atoms with E-state index in [1.54, 1.807) is 12.0 Å². The van der Waals surface area contributed by atoms with Crippen molar-refractivity contribution < 1.29 is 19.2 Å². The fourth-order valence-electron chi connectivity index (χ4n) is 4.96. The first-order valence-electron chi connectivity index (χ1n) is 12.5. The van der Waals surface area contributed by atoms with Gasteiger partial charge >= 0.3 is 6.09 Å². The van der Waals surface area contributed by atoms with Crippen molar-refractivity contribution in [3.63, 3.8) is 0 Å². The number of carbonyl (C=O) groups excluding carboxylic acids is 1. The van der Waals surface area contributed by atoms with Crippen LogP contribution in [0.3, 0.4) is 0 Å². The third-order valence-corrected chi connectivity index (χ3v) is 6.97. The van der Waals surface area contributed by atoms with Crippen LogP contribution >= 0.6 is 0 Å². The number of nitrogens with zero attached hydrogens (tertiary/aromatic N) is 3. The number of rotatable bonds is 8. The van der Waals surface area contributed by atoms with Gasteiger partial charge in [-0.3, -0.25) is 10.1 Å². The summed E-state index contributed by atoms with van der Waals surface area (Å²) in [7, 11) is 1.65. The molecule has 2 atom stereocenters. The summed E-state index contributed by atoms with van der Waals surface area (Å²) >= 11 is 0. The first-order chi connectivity index (χ1) is 18.9. The minimum atomic E-state index is -0.513. The standard InChI is InChI=1S/C29H27N5O5/c1-38-24-14-23(33(17-24)29(35)39-18-19-5-3-2-4-6-19)12-21-16-31-26-10-8-22(13-25(21)26)32-27-9-7-20(15-30)11-28(27)34(36)37/h2-11,13,16,23-24,31-32H,12,14,17-18H2,1H3/t23-,24-/m1/s1. The van der Waals surface area contributed by atoms with Gasteiger partial charge in [-0.25, -0.2) is 4.79 Å². The summed E-state index contributed by atoms with van der Waals surface area (Å²) in [5, 5.41) is 24.7. The van der Waals surface area contributed by atoms with Crippen molar-refractivity contribution in [2.45, 2.75) is 31.6 Å². The van der Waals surface area contributed by atoms with E-state index in [1.807, 2.05) is 60.8 Å². The number of benzene rings is 3. The van der Waals surface area contributed by atoms with E-state index in [0.717, 1.165) is 22.0 Å². The van der Waals surface area contributed by atoms with Crippen LogP contribution in [0.4, 0.5) is 21.9 Å². The molecule has 10 nitrogen and oxygen atoms in total. The molecule has 1 saturated heterocycles. The summed E-state index contributed by atoms with van der Waals surface area (Å²) in [5.74, 6) is 0. The van der Waals surface area contributed by atoms with Crippen molar-refractivity contribution >= 4 is 34.1 Å². The number of aromatic nitrogens is 1. The van der Waals surface area contributed by atoms with Gasteiger partial charge in [0, 0.05) is 42.0 Å². The van der Waals surface area contributed by atoms with Crippen LogP contribution < -0.4 is 5.32 Å². The Hall–Kier alpha value is -4.88. The van der Waals surface area contributed by atoms with E-state index >= 15 is 0 Å². The molecule has 1 fully saturated rings. The summed E-state index contributed by atoms with van der Waals surface area (Å²) < 4.78 is 11.2. The van der Waals surface area contributed by atoms with Gasteiger partial charge in [-0.2, -0.15) is 5.26 Å². The molecule has 0 unspecified atom stereocenters. The number of methoxy groups -OCH3 is 1. The number of nitrogens with one attached hydrogen (secondary N) is 2. The second-order valence-electron chi connectivity index (χ2n) is 9.44. The maximum atomic E-state index is 13.0. The number of nitro groups is 1. The van der Waals surface area contributed by atoms with Crippen molar-refractivity contribution in [2.75, 3.05) is 19.0 Å². The Labute approximate surface area is 224 Å². The highest BCUT2D eigenvalue weighted by Gasteiger charge is 2.36. The van der Waals surface area contributed by atoms with Gasteiger partial charge in [-0.15, -0.1) is 0 Å². The van der Waals surface area contributed by atoms with E-state index in [2.05, 4.69) is 10.3 Å². The van der Waals surface area contributed by atoms with Crippen molar-refractivity contribution in [3.8, 4) is 6.07 Å². The maximum Gasteiger partial charge on any atom is 0.410 e. The van der Waals surface area contributed by atoms with Crippen LogP contribution in [0, 0.1) is 21.4 Å². The quantitative estimate of drug-likeness (QED) is 0.224. The molecule has 0 bridgehead atoms. The number of hydrogen-bond donors (Lipinski definition) is 2. The molecule has 1 aliphatic heterocycles. The Kier molecular flexibility index (Phi) is 7.43. The van der Waals surface area contributed by atoms with Crippen LogP contribution in [0.25, 0.3) is 10.9 Å². The molecule has 0 aliphatic carbocycles. The summed E-state index contributed by atoms with van der Waals surface area (Å²) in [6.07, 6.45) is 2.73. The van der Waals surface area contributed by atoms with E-state index in [4.69, 9.17) is 14.7 Å². The average molecular weight is 526 g/mol. The number of H-pyrrole nitrogens is 1. The highest BCUT2D eigenvalue weighted by atomic mass is 16.6. The Bertz CT molecular complexity index is 1540. The molecular formula is C29H27N5O5. The molecule has 10 heteroatoms. The number of ether oxygens (including phenoxy) is 2. The molecule has 4 aromatic rings. The predicted molar refractivity (Wildman–Crippen MR) is 146 cm³/mol. The number of nitriles is 1. The molecule has 198 valence electrons. The molecule has 0 radical (unpaired) electrons. The number of carbonyl (C=O) groups is 1. The number of aromatic amines is 1. The van der Waals surface area contributed by atoms with Crippen LogP contribution in [0.15, 0.2) is 72.9 Å². The van der Waals surface area contributed by atoms with Crippen molar-refractivity contribution in [1.82, 2.24) is 9.88 Å². The van der Waals surface area contributed by atoms with Gasteiger partial charge in [0.05, 0.1) is 29.2 Å². The molecule has 1 aromatic heterocycles. The van der Waals surface area contributed by atoms with E-state index in [1.165, 1.54) is 18.2 Å². The number of nitro benzene ring substituents is 1. The van der Waals surface area contributed by atoms with Gasteiger partial charge in [0.25, 0.3) is 5.69 Å². The molecular weight excluding hydrogens is 498 g/mol. The number of likely N-dealkylation sites (tertiary alicyclic amines) is 1. The summed E-state index contributed by atoms with van der Waals surface area (Å²) in [5.41, 5.74) is 3.83. The SMILES string of the molecule is CO[C@@H]1C[C@@H](Cc2c[nH]c3ccc(Nc4ccc(C#N)cc4[N+](=O)[O-])cc23)N(C(=O)OCc2ccccc2)C1. The fraction of sp³-hybridized carbons (Fsp3) is 0.241. The Balaban J connectivity index is 1.35. The van der Waals surface area contributed by atoms with Gasteiger partial charge in [0.1, 0.15) is 12.3 Å². The number of amides is 1. The highest BCUT2D eigenvalue weighted by molar-refractivity contribution is 5.88. The highest BCUT2D eigenvalue weighted by Crippen LogP contribution is 2.32. The molecule has 0 spiro atoms. The number of hydrogen-bond acceptors (Lipinski definition) is 7. The topological polar surface area (TPSA) is 134 Å². The Morgan fingerprint density at radius 2 is 2.03 bits per heavy atom. The van der Waals surface area contributed by atoms with Crippen LogP contribution in [0.2, 0.25) is 0 Å². The van der Waals surface area contributed by atoms with Crippen LogP contribution in [-0.4, -0.2) is 46.7 Å². The number of fused-ring (bicyclic) bond motifs is 1. The zero-order chi connectivity index (χ0) is 27.4. The second kappa shape index (κ2) is 11.2. The van der Waals surface area contributed by atoms with Crippen molar-refractivity contribution in [2.24, 2.45) is 0 Å². The normalized spacial score (nSPS) is 16.7. The lowest BCUT2D eigenvalue weighted by atomic mass is 10.0. The minimum absolute atomic E-state index is 0.0846. The van der Waals surface area contributed by atoms with Gasteiger partial charge in [-0.1, -0.05) is 30.3 Å². The lowest BCUT2D eigenvalue weighted by Crippen LogP contribution is -2.37.